The van der Waals surface area contributed by atoms with Crippen molar-refractivity contribution in [3.8, 4) is 17.2 Å². The second-order valence-electron chi connectivity index (χ2n) is 12.1. The fourth-order valence-electron chi connectivity index (χ4n) is 5.74. The van der Waals surface area contributed by atoms with Crippen LogP contribution in [0.15, 0.2) is 137 Å². The molecule has 0 radical (unpaired) electrons. The summed E-state index contributed by atoms with van der Waals surface area (Å²) >= 11 is 2.72. The van der Waals surface area contributed by atoms with Crippen molar-refractivity contribution in [1.82, 2.24) is 10.2 Å². The van der Waals surface area contributed by atoms with Gasteiger partial charge in [0.15, 0.2) is 4.34 Å². The molecule has 1 unspecified atom stereocenters. The summed E-state index contributed by atoms with van der Waals surface area (Å²) in [6, 6.07) is 38.6. The van der Waals surface area contributed by atoms with Crippen molar-refractivity contribution in [2.75, 3.05) is 4.90 Å². The number of ether oxygens (including phenoxy) is 2. The predicted octanol–water partition coefficient (Wildman–Crippen LogP) is 9.44. The minimum absolute atomic E-state index is 0.0608. The largest absolute Gasteiger partial charge is 0.507 e. The van der Waals surface area contributed by atoms with E-state index < -0.39 is 17.7 Å². The zero-order valence-electron chi connectivity index (χ0n) is 27.9. The van der Waals surface area contributed by atoms with Gasteiger partial charge in [-0.2, -0.15) is 0 Å². The Labute approximate surface area is 304 Å². The van der Waals surface area contributed by atoms with Crippen LogP contribution in [0, 0.1) is 13.8 Å². The Kier molecular flexibility index (Phi) is 9.96. The number of aliphatic hydroxyl groups is 1. The number of ketones is 1. The first-order valence-corrected chi connectivity index (χ1v) is 18.1. The maximum absolute atomic E-state index is 13.8. The lowest BCUT2D eigenvalue weighted by molar-refractivity contribution is -0.132. The summed E-state index contributed by atoms with van der Waals surface area (Å²) in [5.41, 5.74) is 5.35. The first-order valence-electron chi connectivity index (χ1n) is 16.3. The van der Waals surface area contributed by atoms with E-state index in [1.165, 1.54) is 33.6 Å². The van der Waals surface area contributed by atoms with Gasteiger partial charge in [0.1, 0.15) is 29.6 Å². The summed E-state index contributed by atoms with van der Waals surface area (Å²) < 4.78 is 12.7. The fraction of sp³-hybridized carbons (Fsp3) is 0.122. The lowest BCUT2D eigenvalue weighted by Gasteiger charge is -2.23. The minimum atomic E-state index is -0.996. The van der Waals surface area contributed by atoms with Gasteiger partial charge in [0.05, 0.1) is 11.6 Å². The molecule has 1 saturated heterocycles. The molecule has 7 rings (SSSR count). The van der Waals surface area contributed by atoms with Gasteiger partial charge in [0, 0.05) is 11.3 Å². The normalized spacial score (nSPS) is 15.3. The standard InChI is InChI=1S/C41H33N3O5S2/c1-26-14-16-28(17-15-26)25-50-41-43-42-40(51-41)44-36(31-10-7-13-34(23-31)49-33-11-4-3-5-12-33)35(38(46)39(44)47)37(45)30-18-20-32(21-19-30)48-24-29-9-6-8-27(2)22-29/h3-23,36,45H,24-25H2,1-2H3/b37-35+. The van der Waals surface area contributed by atoms with Gasteiger partial charge < -0.3 is 14.6 Å². The highest BCUT2D eigenvalue weighted by molar-refractivity contribution is 8.00. The number of anilines is 1. The lowest BCUT2D eigenvalue weighted by atomic mass is 9.95. The van der Waals surface area contributed by atoms with Gasteiger partial charge in [-0.05, 0) is 79.1 Å². The van der Waals surface area contributed by atoms with Crippen molar-refractivity contribution < 1.29 is 24.2 Å². The molecule has 1 N–H and O–H groups in total. The predicted molar refractivity (Wildman–Crippen MR) is 200 cm³/mol. The number of nitrogens with zero attached hydrogens (tertiary/aromatic N) is 3. The first-order chi connectivity index (χ1) is 24.8. The maximum Gasteiger partial charge on any atom is 0.301 e. The molecule has 1 fully saturated rings. The maximum atomic E-state index is 13.8. The van der Waals surface area contributed by atoms with Crippen LogP contribution in [0.5, 0.6) is 17.2 Å². The Morgan fingerprint density at radius 1 is 0.765 bits per heavy atom. The van der Waals surface area contributed by atoms with Crippen molar-refractivity contribution >= 4 is 45.7 Å². The highest BCUT2D eigenvalue weighted by atomic mass is 32.2. The van der Waals surface area contributed by atoms with Crippen LogP contribution in [-0.4, -0.2) is 27.0 Å². The smallest absolute Gasteiger partial charge is 0.301 e. The number of benzene rings is 5. The Morgan fingerprint density at radius 3 is 2.27 bits per heavy atom. The van der Waals surface area contributed by atoms with Crippen LogP contribution in [-0.2, 0) is 21.9 Å². The van der Waals surface area contributed by atoms with Crippen LogP contribution in [0.2, 0.25) is 0 Å². The summed E-state index contributed by atoms with van der Waals surface area (Å²) in [4.78, 5) is 29.0. The number of aryl methyl sites for hydroxylation is 2. The summed E-state index contributed by atoms with van der Waals surface area (Å²) in [5, 5.41) is 20.7. The second-order valence-corrected chi connectivity index (χ2v) is 14.3. The number of carbonyl (C=O) groups is 2. The molecule has 2 heterocycles. The molecule has 10 heteroatoms. The molecule has 1 amide bonds. The molecule has 254 valence electrons. The monoisotopic (exact) mass is 711 g/mol. The number of amides is 1. The molecule has 8 nitrogen and oxygen atoms in total. The van der Waals surface area contributed by atoms with Gasteiger partial charge in [-0.15, -0.1) is 10.2 Å². The molecule has 0 saturated carbocycles. The SMILES string of the molecule is Cc1ccc(CSc2nnc(N3C(=O)C(=O)/C(=C(/O)c4ccc(OCc5cccc(C)c5)cc4)C3c3cccc(Oc4ccccc4)c3)s2)cc1. The first kappa shape index (κ1) is 33.8. The van der Waals surface area contributed by atoms with E-state index in [1.54, 1.807) is 48.5 Å². The molecule has 0 bridgehead atoms. The van der Waals surface area contributed by atoms with Crippen LogP contribution < -0.4 is 14.4 Å². The van der Waals surface area contributed by atoms with Crippen LogP contribution >= 0.6 is 23.1 Å². The highest BCUT2D eigenvalue weighted by Gasteiger charge is 2.48. The van der Waals surface area contributed by atoms with Crippen LogP contribution in [0.25, 0.3) is 5.76 Å². The Balaban J connectivity index is 1.21. The molecule has 51 heavy (non-hydrogen) atoms. The van der Waals surface area contributed by atoms with Crippen LogP contribution in [0.4, 0.5) is 5.13 Å². The summed E-state index contributed by atoms with van der Waals surface area (Å²) in [7, 11) is 0. The van der Waals surface area contributed by atoms with Crippen molar-refractivity contribution in [3.63, 3.8) is 0 Å². The Bertz CT molecular complexity index is 2220. The number of hydrogen-bond acceptors (Lipinski definition) is 9. The molecule has 1 aliphatic heterocycles. The van der Waals surface area contributed by atoms with E-state index >= 15 is 0 Å². The molecule has 1 aromatic heterocycles. The van der Waals surface area contributed by atoms with Gasteiger partial charge in [0.25, 0.3) is 5.78 Å². The van der Waals surface area contributed by atoms with Gasteiger partial charge >= 0.3 is 5.91 Å². The number of Topliss-reactive ketones (excluding diaryl/α,β-unsaturated/α-hetero) is 1. The summed E-state index contributed by atoms with van der Waals surface area (Å²) in [6.45, 7) is 4.45. The highest BCUT2D eigenvalue weighted by Crippen LogP contribution is 2.45. The molecule has 0 aliphatic carbocycles. The molecule has 1 atom stereocenters. The van der Waals surface area contributed by atoms with E-state index in [0.29, 0.717) is 45.1 Å². The zero-order valence-corrected chi connectivity index (χ0v) is 29.5. The quantitative estimate of drug-likeness (QED) is 0.0467. The molecule has 1 aliphatic rings. The van der Waals surface area contributed by atoms with E-state index in [0.717, 1.165) is 16.7 Å². The number of aromatic nitrogens is 2. The van der Waals surface area contributed by atoms with Crippen molar-refractivity contribution in [3.05, 3.63) is 166 Å². The lowest BCUT2D eigenvalue weighted by Crippen LogP contribution is -2.29. The van der Waals surface area contributed by atoms with Crippen molar-refractivity contribution in [2.24, 2.45) is 0 Å². The Morgan fingerprint density at radius 2 is 1.51 bits per heavy atom. The second kappa shape index (κ2) is 15.0. The van der Waals surface area contributed by atoms with Crippen molar-refractivity contribution in [1.29, 1.82) is 0 Å². The molecular formula is C41H33N3O5S2. The van der Waals surface area contributed by atoms with Crippen LogP contribution in [0.1, 0.15) is 39.4 Å². The van der Waals surface area contributed by atoms with Gasteiger partial charge in [-0.3, -0.25) is 14.5 Å². The molecular weight excluding hydrogens is 679 g/mol. The zero-order chi connectivity index (χ0) is 35.3. The van der Waals surface area contributed by atoms with E-state index in [-0.39, 0.29) is 16.5 Å². The molecule has 5 aromatic carbocycles. The third-order valence-electron chi connectivity index (χ3n) is 8.30. The van der Waals surface area contributed by atoms with Gasteiger partial charge in [-0.25, -0.2) is 0 Å². The number of rotatable bonds is 11. The van der Waals surface area contributed by atoms with E-state index in [4.69, 9.17) is 9.47 Å². The number of carbonyl (C=O) groups excluding carboxylic acids is 2. The number of thioether (sulfide) groups is 1. The van der Waals surface area contributed by atoms with E-state index in [9.17, 15) is 14.7 Å². The third-order valence-corrected chi connectivity index (χ3v) is 10.4. The minimum Gasteiger partial charge on any atom is -0.507 e. The summed E-state index contributed by atoms with van der Waals surface area (Å²) in [5.74, 6) is 0.467. The average molecular weight is 712 g/mol. The summed E-state index contributed by atoms with van der Waals surface area (Å²) in [6.07, 6.45) is 0. The van der Waals surface area contributed by atoms with E-state index in [2.05, 4.69) is 40.5 Å². The third kappa shape index (κ3) is 7.72. The number of hydrogen-bond donors (Lipinski definition) is 1. The van der Waals surface area contributed by atoms with Gasteiger partial charge in [-0.1, -0.05) is 113 Å². The average Bonchev–Trinajstić information content (AvgIpc) is 3.72. The molecule has 0 spiro atoms. The number of aliphatic hydroxyl groups excluding tert-OH is 1. The number of para-hydroxylation sites is 1. The van der Waals surface area contributed by atoms with Crippen molar-refractivity contribution in [2.45, 2.75) is 36.6 Å². The Hall–Kier alpha value is -5.71. The fourth-order valence-corrected chi connectivity index (χ4v) is 7.56. The topological polar surface area (TPSA) is 102 Å². The molecule has 6 aromatic rings. The van der Waals surface area contributed by atoms with E-state index in [1.807, 2.05) is 62.4 Å². The van der Waals surface area contributed by atoms with Crippen LogP contribution in [0.3, 0.4) is 0 Å². The van der Waals surface area contributed by atoms with Gasteiger partial charge in [0.2, 0.25) is 5.13 Å².